The first-order chi connectivity index (χ1) is 6.88. The minimum atomic E-state index is 0.931. The third kappa shape index (κ3) is 2.88. The van der Waals surface area contributed by atoms with Gasteiger partial charge in [-0.15, -0.1) is 0 Å². The summed E-state index contributed by atoms with van der Waals surface area (Å²) in [5, 5.41) is 4.39. The average molecular weight is 214 g/mol. The Morgan fingerprint density at radius 2 is 2.07 bits per heavy atom. The van der Waals surface area contributed by atoms with Gasteiger partial charge in [-0.2, -0.15) is 11.8 Å². The van der Waals surface area contributed by atoms with Gasteiger partial charge in [0.05, 0.1) is 0 Å². The molecule has 2 aliphatic heterocycles. The zero-order valence-corrected chi connectivity index (χ0v) is 9.98. The zero-order chi connectivity index (χ0) is 9.80. The second-order valence-corrected chi connectivity index (χ2v) is 5.73. The Hall–Kier alpha value is 0.270. The maximum atomic E-state index is 3.45. The van der Waals surface area contributed by atoms with Crippen LogP contribution < -0.4 is 5.32 Å². The van der Waals surface area contributed by atoms with E-state index in [1.807, 2.05) is 0 Å². The van der Waals surface area contributed by atoms with Gasteiger partial charge < -0.3 is 10.2 Å². The van der Waals surface area contributed by atoms with Gasteiger partial charge in [-0.3, -0.25) is 0 Å². The Balaban J connectivity index is 1.67. The molecule has 1 N–H and O–H groups in total. The lowest BCUT2D eigenvalue weighted by molar-refractivity contribution is 0.204. The molecule has 0 aromatic carbocycles. The molecule has 2 saturated heterocycles. The first-order valence-electron chi connectivity index (χ1n) is 5.84. The lowest BCUT2D eigenvalue weighted by atomic mass is 10.1. The number of nitrogens with one attached hydrogen (secondary N) is 1. The number of nitrogens with zero attached hydrogens (tertiary/aromatic N) is 1. The van der Waals surface area contributed by atoms with Gasteiger partial charge in [-0.25, -0.2) is 0 Å². The lowest BCUT2D eigenvalue weighted by Crippen LogP contribution is -2.38. The number of likely N-dealkylation sites (tertiary alicyclic amines) is 1. The van der Waals surface area contributed by atoms with Crippen molar-refractivity contribution in [3.8, 4) is 0 Å². The van der Waals surface area contributed by atoms with Crippen LogP contribution in [-0.2, 0) is 0 Å². The van der Waals surface area contributed by atoms with E-state index in [4.69, 9.17) is 0 Å². The Morgan fingerprint density at radius 3 is 2.64 bits per heavy atom. The van der Waals surface area contributed by atoms with E-state index in [0.29, 0.717) is 0 Å². The van der Waals surface area contributed by atoms with Gasteiger partial charge in [0.25, 0.3) is 0 Å². The highest BCUT2D eigenvalue weighted by atomic mass is 32.2. The SMILES string of the molecule is CSC1CCN(CC2CCNC2)CC1. The number of hydrogen-bond donors (Lipinski definition) is 1. The summed E-state index contributed by atoms with van der Waals surface area (Å²) in [6.07, 6.45) is 6.45. The van der Waals surface area contributed by atoms with Crippen molar-refractivity contribution in [3.63, 3.8) is 0 Å². The van der Waals surface area contributed by atoms with Crippen LogP contribution in [0.2, 0.25) is 0 Å². The Morgan fingerprint density at radius 1 is 1.29 bits per heavy atom. The van der Waals surface area contributed by atoms with Crippen molar-refractivity contribution in [2.45, 2.75) is 24.5 Å². The monoisotopic (exact) mass is 214 g/mol. The van der Waals surface area contributed by atoms with E-state index in [-0.39, 0.29) is 0 Å². The van der Waals surface area contributed by atoms with Crippen LogP contribution in [0.3, 0.4) is 0 Å². The molecule has 0 bridgehead atoms. The number of thioether (sulfide) groups is 1. The molecule has 1 atom stereocenters. The summed E-state index contributed by atoms with van der Waals surface area (Å²) in [5.74, 6) is 0.931. The standard InChI is InChI=1S/C11H22N2S/c1-14-11-3-6-13(7-4-11)9-10-2-5-12-8-10/h10-12H,2-9H2,1H3. The van der Waals surface area contributed by atoms with Crippen molar-refractivity contribution in [1.82, 2.24) is 10.2 Å². The normalized spacial score (nSPS) is 31.1. The fraction of sp³-hybridized carbons (Fsp3) is 1.00. The maximum Gasteiger partial charge on any atom is 0.00685 e. The van der Waals surface area contributed by atoms with Gasteiger partial charge in [0.15, 0.2) is 0 Å². The quantitative estimate of drug-likeness (QED) is 0.765. The Bertz CT molecular complexity index is 161. The average Bonchev–Trinajstić information content (AvgIpc) is 2.72. The van der Waals surface area contributed by atoms with Crippen LogP contribution in [-0.4, -0.2) is 49.1 Å². The minimum Gasteiger partial charge on any atom is -0.316 e. The molecule has 2 rings (SSSR count). The molecule has 14 heavy (non-hydrogen) atoms. The van der Waals surface area contributed by atoms with E-state index >= 15 is 0 Å². The van der Waals surface area contributed by atoms with Crippen LogP contribution in [0.25, 0.3) is 0 Å². The van der Waals surface area contributed by atoms with E-state index in [0.717, 1.165) is 11.2 Å². The molecule has 1 unspecified atom stereocenters. The van der Waals surface area contributed by atoms with Crippen LogP contribution in [0.5, 0.6) is 0 Å². The summed E-state index contributed by atoms with van der Waals surface area (Å²) >= 11 is 2.05. The van der Waals surface area contributed by atoms with Crippen molar-refractivity contribution in [3.05, 3.63) is 0 Å². The first kappa shape index (κ1) is 10.8. The van der Waals surface area contributed by atoms with Gasteiger partial charge >= 0.3 is 0 Å². The Kier molecular flexibility index (Phi) is 4.14. The summed E-state index contributed by atoms with van der Waals surface area (Å²) in [4.78, 5) is 2.67. The van der Waals surface area contributed by atoms with Crippen LogP contribution >= 0.6 is 11.8 Å². The van der Waals surface area contributed by atoms with Crippen LogP contribution in [0, 0.1) is 5.92 Å². The fourth-order valence-corrected chi connectivity index (χ4v) is 3.25. The second kappa shape index (κ2) is 5.38. The zero-order valence-electron chi connectivity index (χ0n) is 9.17. The topological polar surface area (TPSA) is 15.3 Å². The van der Waals surface area contributed by atoms with Crippen LogP contribution in [0.1, 0.15) is 19.3 Å². The number of piperidine rings is 1. The minimum absolute atomic E-state index is 0.931. The summed E-state index contributed by atoms with van der Waals surface area (Å²) in [6, 6.07) is 0. The highest BCUT2D eigenvalue weighted by Gasteiger charge is 2.22. The van der Waals surface area contributed by atoms with Crippen molar-refractivity contribution < 1.29 is 0 Å². The van der Waals surface area contributed by atoms with Crippen molar-refractivity contribution in [1.29, 1.82) is 0 Å². The smallest absolute Gasteiger partial charge is 0.00685 e. The van der Waals surface area contributed by atoms with Gasteiger partial charge in [-0.05, 0) is 57.6 Å². The van der Waals surface area contributed by atoms with E-state index in [1.165, 1.54) is 52.0 Å². The molecule has 0 spiro atoms. The maximum absolute atomic E-state index is 3.45. The summed E-state index contributed by atoms with van der Waals surface area (Å²) < 4.78 is 0. The van der Waals surface area contributed by atoms with Gasteiger partial charge in [0.2, 0.25) is 0 Å². The van der Waals surface area contributed by atoms with Crippen LogP contribution in [0.4, 0.5) is 0 Å². The van der Waals surface area contributed by atoms with E-state index in [9.17, 15) is 0 Å². The molecule has 0 aromatic rings. The second-order valence-electron chi connectivity index (χ2n) is 4.59. The van der Waals surface area contributed by atoms with E-state index in [1.54, 1.807) is 0 Å². The van der Waals surface area contributed by atoms with Crippen LogP contribution in [0.15, 0.2) is 0 Å². The van der Waals surface area contributed by atoms with Crippen molar-refractivity contribution >= 4 is 11.8 Å². The summed E-state index contributed by atoms with van der Waals surface area (Å²) in [6.45, 7) is 6.51. The predicted molar refractivity (Wildman–Crippen MR) is 64.0 cm³/mol. The highest BCUT2D eigenvalue weighted by molar-refractivity contribution is 7.99. The molecule has 2 nitrogen and oxygen atoms in total. The van der Waals surface area contributed by atoms with Gasteiger partial charge in [0, 0.05) is 11.8 Å². The molecule has 2 fully saturated rings. The molecule has 2 heterocycles. The summed E-state index contributed by atoms with van der Waals surface area (Å²) in [5.41, 5.74) is 0. The van der Waals surface area contributed by atoms with Crippen molar-refractivity contribution in [2.24, 2.45) is 5.92 Å². The van der Waals surface area contributed by atoms with Gasteiger partial charge in [0.1, 0.15) is 0 Å². The molecule has 3 heteroatoms. The predicted octanol–water partition coefficient (Wildman–Crippen LogP) is 1.42. The Labute approximate surface area is 91.8 Å². The molecule has 2 aliphatic rings. The molecular weight excluding hydrogens is 192 g/mol. The van der Waals surface area contributed by atoms with Gasteiger partial charge in [-0.1, -0.05) is 0 Å². The van der Waals surface area contributed by atoms with E-state index in [2.05, 4.69) is 28.2 Å². The van der Waals surface area contributed by atoms with E-state index < -0.39 is 0 Å². The molecule has 0 radical (unpaired) electrons. The molecular formula is C11H22N2S. The molecule has 0 aromatic heterocycles. The number of hydrogen-bond acceptors (Lipinski definition) is 3. The number of rotatable bonds is 3. The summed E-state index contributed by atoms with van der Waals surface area (Å²) in [7, 11) is 0. The third-order valence-electron chi connectivity index (χ3n) is 3.55. The molecule has 0 saturated carbocycles. The first-order valence-corrected chi connectivity index (χ1v) is 7.13. The fourth-order valence-electron chi connectivity index (χ4n) is 2.56. The largest absolute Gasteiger partial charge is 0.316 e. The molecule has 0 aliphatic carbocycles. The highest BCUT2D eigenvalue weighted by Crippen LogP contribution is 2.22. The third-order valence-corrected chi connectivity index (χ3v) is 4.68. The van der Waals surface area contributed by atoms with Crippen molar-refractivity contribution in [2.75, 3.05) is 39.0 Å². The molecule has 82 valence electrons. The molecule has 0 amide bonds. The lowest BCUT2D eigenvalue weighted by Gasteiger charge is -2.32.